The van der Waals surface area contributed by atoms with E-state index in [-0.39, 0.29) is 0 Å². The number of piperidine rings is 1. The normalized spacial score (nSPS) is 17.1. The highest BCUT2D eigenvalue weighted by Crippen LogP contribution is 2.34. The number of aromatic nitrogens is 1. The molecule has 1 aliphatic heterocycles. The highest BCUT2D eigenvalue weighted by molar-refractivity contribution is 7.18. The van der Waals surface area contributed by atoms with Crippen molar-refractivity contribution in [2.45, 2.75) is 31.6 Å². The molecule has 0 radical (unpaired) electrons. The molecule has 3 rings (SSSR count). The number of nitrogens with zero attached hydrogens (tertiary/aromatic N) is 3. The number of rotatable bonds is 4. The molecule has 21 heavy (non-hydrogen) atoms. The van der Waals surface area contributed by atoms with E-state index >= 15 is 0 Å². The van der Waals surface area contributed by atoms with E-state index in [9.17, 15) is 0 Å². The summed E-state index contributed by atoms with van der Waals surface area (Å²) in [6.45, 7) is 3.29. The number of fused-ring (bicyclic) bond motifs is 1. The summed E-state index contributed by atoms with van der Waals surface area (Å²) in [6.07, 6.45) is 3.99. The second-order valence-electron chi connectivity index (χ2n) is 5.54. The Morgan fingerprint density at radius 1 is 1.38 bits per heavy atom. The monoisotopic (exact) mass is 319 g/mol. The maximum Gasteiger partial charge on any atom is 0.0970 e. The zero-order valence-electron chi connectivity index (χ0n) is 11.9. The first-order valence-electron chi connectivity index (χ1n) is 7.41. The van der Waals surface area contributed by atoms with Crippen LogP contribution in [0.25, 0.3) is 10.2 Å². The van der Waals surface area contributed by atoms with Gasteiger partial charge in [-0.2, -0.15) is 5.26 Å². The summed E-state index contributed by atoms with van der Waals surface area (Å²) < 4.78 is 1.23. The van der Waals surface area contributed by atoms with Gasteiger partial charge >= 0.3 is 0 Å². The number of benzene rings is 1. The number of hydrogen-bond donors (Lipinski definition) is 0. The lowest BCUT2D eigenvalue weighted by Gasteiger charge is -2.30. The molecule has 110 valence electrons. The highest BCUT2D eigenvalue weighted by Gasteiger charge is 2.23. The summed E-state index contributed by atoms with van der Waals surface area (Å²) in [5, 5.41) is 10.6. The summed E-state index contributed by atoms with van der Waals surface area (Å²) in [7, 11) is 0. The van der Waals surface area contributed by atoms with E-state index in [1.807, 2.05) is 12.1 Å². The molecule has 0 saturated carbocycles. The highest BCUT2D eigenvalue weighted by atomic mass is 35.5. The Labute approximate surface area is 134 Å². The summed E-state index contributed by atoms with van der Waals surface area (Å²) in [4.78, 5) is 7.24. The SMILES string of the molecule is N#CCCCN1CCC(c2nc3cc(Cl)ccc3s2)CC1. The zero-order chi connectivity index (χ0) is 14.7. The van der Waals surface area contributed by atoms with Gasteiger partial charge in [0, 0.05) is 17.4 Å². The van der Waals surface area contributed by atoms with Crippen LogP contribution in [-0.2, 0) is 0 Å². The Morgan fingerprint density at radius 3 is 2.95 bits per heavy atom. The predicted molar refractivity (Wildman–Crippen MR) is 87.9 cm³/mol. The minimum absolute atomic E-state index is 0.577. The Hall–Kier alpha value is -1.15. The fourth-order valence-corrected chi connectivity index (χ4v) is 4.16. The molecule has 0 atom stereocenters. The topological polar surface area (TPSA) is 39.9 Å². The van der Waals surface area contributed by atoms with E-state index in [2.05, 4.69) is 17.0 Å². The van der Waals surface area contributed by atoms with Crippen molar-refractivity contribution in [2.75, 3.05) is 19.6 Å². The minimum Gasteiger partial charge on any atom is -0.303 e. The standard InChI is InChI=1S/C16H18ClN3S/c17-13-3-4-15-14(11-13)19-16(21-15)12-5-9-20(10-6-12)8-2-1-7-18/h3-4,11-12H,1-2,5-6,8-10H2. The fraction of sp³-hybridized carbons (Fsp3) is 0.500. The van der Waals surface area contributed by atoms with Crippen molar-refractivity contribution in [2.24, 2.45) is 0 Å². The molecule has 1 saturated heterocycles. The van der Waals surface area contributed by atoms with Crippen LogP contribution >= 0.6 is 22.9 Å². The third-order valence-electron chi connectivity index (χ3n) is 4.07. The van der Waals surface area contributed by atoms with Crippen LogP contribution in [0.1, 0.15) is 36.6 Å². The number of halogens is 1. The lowest BCUT2D eigenvalue weighted by Crippen LogP contribution is -2.33. The summed E-state index contributed by atoms with van der Waals surface area (Å²) in [5.74, 6) is 0.577. The van der Waals surface area contributed by atoms with Crippen molar-refractivity contribution in [3.05, 3.63) is 28.2 Å². The molecule has 0 spiro atoms. The van der Waals surface area contributed by atoms with Crippen molar-refractivity contribution in [3.63, 3.8) is 0 Å². The number of nitriles is 1. The molecule has 2 aromatic rings. The Morgan fingerprint density at radius 2 is 2.19 bits per heavy atom. The first kappa shape index (κ1) is 14.8. The van der Waals surface area contributed by atoms with Gasteiger partial charge in [-0.15, -0.1) is 11.3 Å². The quantitative estimate of drug-likeness (QED) is 0.782. The van der Waals surface area contributed by atoms with Crippen LogP contribution in [0.4, 0.5) is 0 Å². The molecular formula is C16H18ClN3S. The Kier molecular flexibility index (Phi) is 4.74. The lowest BCUT2D eigenvalue weighted by atomic mass is 9.97. The molecule has 0 unspecified atom stereocenters. The predicted octanol–water partition coefficient (Wildman–Crippen LogP) is 4.43. The second kappa shape index (κ2) is 6.74. The molecule has 2 heterocycles. The van der Waals surface area contributed by atoms with Crippen LogP contribution < -0.4 is 0 Å². The van der Waals surface area contributed by atoms with Crippen LogP contribution in [0.3, 0.4) is 0 Å². The van der Waals surface area contributed by atoms with Gasteiger partial charge in [0.1, 0.15) is 0 Å². The van der Waals surface area contributed by atoms with E-state index in [1.165, 1.54) is 22.5 Å². The zero-order valence-corrected chi connectivity index (χ0v) is 13.5. The molecule has 0 aliphatic carbocycles. The van der Waals surface area contributed by atoms with Gasteiger partial charge in [-0.1, -0.05) is 11.6 Å². The van der Waals surface area contributed by atoms with E-state index < -0.39 is 0 Å². The molecule has 3 nitrogen and oxygen atoms in total. The third kappa shape index (κ3) is 3.55. The average Bonchev–Trinajstić information content (AvgIpc) is 2.91. The first-order valence-corrected chi connectivity index (χ1v) is 8.61. The summed E-state index contributed by atoms with van der Waals surface area (Å²) >= 11 is 7.83. The van der Waals surface area contributed by atoms with Crippen LogP contribution in [0, 0.1) is 11.3 Å². The Balaban J connectivity index is 1.61. The van der Waals surface area contributed by atoms with Crippen molar-refractivity contribution in [1.82, 2.24) is 9.88 Å². The smallest absolute Gasteiger partial charge is 0.0970 e. The van der Waals surface area contributed by atoms with E-state index in [0.29, 0.717) is 12.3 Å². The molecule has 1 aromatic carbocycles. The van der Waals surface area contributed by atoms with Crippen molar-refractivity contribution in [3.8, 4) is 6.07 Å². The van der Waals surface area contributed by atoms with E-state index in [4.69, 9.17) is 21.8 Å². The molecule has 1 aliphatic rings. The molecule has 0 N–H and O–H groups in total. The minimum atomic E-state index is 0.577. The van der Waals surface area contributed by atoms with Gasteiger partial charge in [-0.25, -0.2) is 4.98 Å². The maximum atomic E-state index is 8.59. The first-order chi connectivity index (χ1) is 10.3. The van der Waals surface area contributed by atoms with Crippen molar-refractivity contribution in [1.29, 1.82) is 5.26 Å². The Bertz CT molecular complexity index is 653. The molecular weight excluding hydrogens is 302 g/mol. The van der Waals surface area contributed by atoms with Crippen molar-refractivity contribution < 1.29 is 0 Å². The second-order valence-corrected chi connectivity index (χ2v) is 7.04. The lowest BCUT2D eigenvalue weighted by molar-refractivity contribution is 0.211. The van der Waals surface area contributed by atoms with E-state index in [0.717, 1.165) is 36.6 Å². The van der Waals surface area contributed by atoms with Crippen LogP contribution in [0.15, 0.2) is 18.2 Å². The van der Waals surface area contributed by atoms with E-state index in [1.54, 1.807) is 11.3 Å². The molecule has 1 fully saturated rings. The number of likely N-dealkylation sites (tertiary alicyclic amines) is 1. The van der Waals surface area contributed by atoms with Gasteiger partial charge < -0.3 is 4.90 Å². The average molecular weight is 320 g/mol. The molecule has 1 aromatic heterocycles. The molecule has 0 bridgehead atoms. The third-order valence-corrected chi connectivity index (χ3v) is 5.50. The van der Waals surface area contributed by atoms with Crippen LogP contribution in [-0.4, -0.2) is 29.5 Å². The van der Waals surface area contributed by atoms with Gasteiger partial charge in [0.15, 0.2) is 0 Å². The van der Waals surface area contributed by atoms with Crippen LogP contribution in [0.2, 0.25) is 5.02 Å². The van der Waals surface area contributed by atoms with Crippen LogP contribution in [0.5, 0.6) is 0 Å². The maximum absolute atomic E-state index is 8.59. The largest absolute Gasteiger partial charge is 0.303 e. The molecule has 5 heteroatoms. The number of unbranched alkanes of at least 4 members (excludes halogenated alkanes) is 1. The number of thiazole rings is 1. The summed E-state index contributed by atoms with van der Waals surface area (Å²) in [6, 6.07) is 8.17. The van der Waals surface area contributed by atoms with Gasteiger partial charge in [0.25, 0.3) is 0 Å². The van der Waals surface area contributed by atoms with Crippen molar-refractivity contribution >= 4 is 33.2 Å². The number of hydrogen-bond acceptors (Lipinski definition) is 4. The fourth-order valence-electron chi connectivity index (χ4n) is 2.88. The molecule has 0 amide bonds. The van der Waals surface area contributed by atoms with Gasteiger partial charge in [-0.05, 0) is 57.1 Å². The van der Waals surface area contributed by atoms with Gasteiger partial charge in [0.05, 0.1) is 21.3 Å². The summed E-state index contributed by atoms with van der Waals surface area (Å²) in [5.41, 5.74) is 1.03. The van der Waals surface area contributed by atoms with Gasteiger partial charge in [-0.3, -0.25) is 0 Å². The van der Waals surface area contributed by atoms with Gasteiger partial charge in [0.2, 0.25) is 0 Å².